The predicted molar refractivity (Wildman–Crippen MR) is 97.8 cm³/mol. The molecule has 4 atom stereocenters. The third kappa shape index (κ3) is 3.25. The van der Waals surface area contributed by atoms with Crippen LogP contribution in [0.4, 0.5) is 0 Å². The molecule has 2 aliphatic rings. The number of fused-ring (bicyclic) bond motifs is 1. The summed E-state index contributed by atoms with van der Waals surface area (Å²) in [6.07, 6.45) is 1.85. The molecule has 3 rings (SSSR count). The molecule has 1 aromatic rings. The molecule has 0 unspecified atom stereocenters. The topological polar surface area (TPSA) is 55.8 Å². The second-order valence-electron chi connectivity index (χ2n) is 7.67. The first-order valence-electron chi connectivity index (χ1n) is 8.95. The van der Waals surface area contributed by atoms with Gasteiger partial charge in [0.1, 0.15) is 6.10 Å². The van der Waals surface area contributed by atoms with Gasteiger partial charge in [0.05, 0.1) is 21.2 Å². The number of benzene rings is 1. The van der Waals surface area contributed by atoms with E-state index in [9.17, 15) is 9.59 Å². The average Bonchev–Trinajstić information content (AvgIpc) is 2.93. The number of amides is 1. The number of esters is 1. The quantitative estimate of drug-likeness (QED) is 0.611. The van der Waals surface area contributed by atoms with Crippen molar-refractivity contribution in [2.24, 2.45) is 5.92 Å². The van der Waals surface area contributed by atoms with Gasteiger partial charge in [-0.05, 0) is 12.3 Å². The Morgan fingerprint density at radius 2 is 1.92 bits per heavy atom. The molecule has 0 aromatic heterocycles. The van der Waals surface area contributed by atoms with Gasteiger partial charge in [0.2, 0.25) is 5.91 Å². The third-order valence-corrected chi connectivity index (χ3v) is 10.2. The Hall–Kier alpha value is -1.66. The zero-order chi connectivity index (χ0) is 18.2. The van der Waals surface area contributed by atoms with Crippen LogP contribution in [0.2, 0.25) is 18.6 Å². The first-order valence-corrected chi connectivity index (χ1v) is 12.0. The largest absolute Gasteiger partial charge is 0.462 e. The standard InChI is InChI=1S/C19H27NO4Si/c1-13(21)24-17-12-16-15(10-11-18(22)20(16)23-2)19(17)25(3,4)14-8-6-5-7-9-14/h5-9,15-17,19H,10-12H2,1-4H3/t15-,16-,17-,19+/m0/s1. The highest BCUT2D eigenvalue weighted by molar-refractivity contribution is 6.91. The van der Waals surface area contributed by atoms with E-state index in [1.54, 1.807) is 7.11 Å². The van der Waals surface area contributed by atoms with E-state index in [0.29, 0.717) is 18.8 Å². The zero-order valence-electron chi connectivity index (χ0n) is 15.4. The summed E-state index contributed by atoms with van der Waals surface area (Å²) in [6.45, 7) is 6.16. The fraction of sp³-hybridized carbons (Fsp3) is 0.579. The van der Waals surface area contributed by atoms with Crippen LogP contribution in [0, 0.1) is 5.92 Å². The normalized spacial score (nSPS) is 29.4. The second kappa shape index (κ2) is 6.92. The molecule has 1 aliphatic heterocycles. The van der Waals surface area contributed by atoms with E-state index < -0.39 is 8.07 Å². The number of carbonyl (C=O) groups is 2. The Morgan fingerprint density at radius 3 is 2.52 bits per heavy atom. The molecule has 6 heteroatoms. The van der Waals surface area contributed by atoms with Gasteiger partial charge in [-0.15, -0.1) is 0 Å². The van der Waals surface area contributed by atoms with Crippen molar-refractivity contribution in [2.75, 3.05) is 7.11 Å². The van der Waals surface area contributed by atoms with Crippen LogP contribution in [0.15, 0.2) is 30.3 Å². The number of rotatable bonds is 4. The van der Waals surface area contributed by atoms with E-state index in [4.69, 9.17) is 9.57 Å². The van der Waals surface area contributed by atoms with Gasteiger partial charge >= 0.3 is 5.97 Å². The van der Waals surface area contributed by atoms with Crippen molar-refractivity contribution in [3.8, 4) is 0 Å². The molecule has 1 saturated heterocycles. The molecule has 136 valence electrons. The summed E-state index contributed by atoms with van der Waals surface area (Å²) < 4.78 is 5.75. The summed E-state index contributed by atoms with van der Waals surface area (Å²) in [6, 6.07) is 10.5. The van der Waals surface area contributed by atoms with Crippen molar-refractivity contribution in [3.63, 3.8) is 0 Å². The van der Waals surface area contributed by atoms with Crippen LogP contribution in [0.25, 0.3) is 0 Å². The number of hydrogen-bond acceptors (Lipinski definition) is 4. The molecule has 0 bridgehead atoms. The SMILES string of the molecule is CON1C(=O)CC[C@@H]2[C@@H]([Si](C)(C)c3ccccc3)[C@@H](OC(C)=O)C[C@@H]21. The van der Waals surface area contributed by atoms with E-state index >= 15 is 0 Å². The van der Waals surface area contributed by atoms with Crippen LogP contribution in [0.1, 0.15) is 26.2 Å². The van der Waals surface area contributed by atoms with Crippen LogP contribution in [0.3, 0.4) is 0 Å². The fourth-order valence-corrected chi connectivity index (χ4v) is 8.96. The summed E-state index contributed by atoms with van der Waals surface area (Å²) in [4.78, 5) is 29.3. The van der Waals surface area contributed by atoms with Crippen molar-refractivity contribution in [1.29, 1.82) is 0 Å². The molecule has 0 spiro atoms. The van der Waals surface area contributed by atoms with Gasteiger partial charge in [0, 0.05) is 25.3 Å². The van der Waals surface area contributed by atoms with Crippen LogP contribution >= 0.6 is 0 Å². The molecule has 0 radical (unpaired) electrons. The van der Waals surface area contributed by atoms with Crippen molar-refractivity contribution < 1.29 is 19.2 Å². The van der Waals surface area contributed by atoms with Crippen LogP contribution in [-0.4, -0.2) is 44.3 Å². The van der Waals surface area contributed by atoms with Gasteiger partial charge in [-0.25, -0.2) is 5.06 Å². The molecule has 1 aromatic carbocycles. The minimum absolute atomic E-state index is 0.00362. The van der Waals surface area contributed by atoms with Crippen molar-refractivity contribution in [3.05, 3.63) is 30.3 Å². The maximum absolute atomic E-state index is 12.2. The third-order valence-electron chi connectivity index (χ3n) is 5.93. The summed E-state index contributed by atoms with van der Waals surface area (Å²) >= 11 is 0. The number of piperidine rings is 1. The molecule has 1 heterocycles. The lowest BCUT2D eigenvalue weighted by atomic mass is 9.92. The van der Waals surface area contributed by atoms with E-state index in [1.807, 2.05) is 6.07 Å². The number of hydroxylamine groups is 2. The summed E-state index contributed by atoms with van der Waals surface area (Å²) in [5.41, 5.74) is 0.273. The van der Waals surface area contributed by atoms with E-state index in [0.717, 1.165) is 6.42 Å². The predicted octanol–water partition coefficient (Wildman–Crippen LogP) is 2.48. The maximum Gasteiger partial charge on any atom is 0.302 e. The average molecular weight is 362 g/mol. The smallest absolute Gasteiger partial charge is 0.302 e. The lowest BCUT2D eigenvalue weighted by molar-refractivity contribution is -0.199. The number of hydrogen-bond donors (Lipinski definition) is 0. The van der Waals surface area contributed by atoms with Crippen molar-refractivity contribution >= 4 is 25.1 Å². The first kappa shape index (κ1) is 18.1. The number of nitrogens with zero attached hydrogens (tertiary/aromatic N) is 1. The first-order chi connectivity index (χ1) is 11.9. The highest BCUT2D eigenvalue weighted by Gasteiger charge is 2.56. The molecule has 1 amide bonds. The Kier molecular flexibility index (Phi) is 5.02. The second-order valence-corrected chi connectivity index (χ2v) is 12.4. The van der Waals surface area contributed by atoms with E-state index in [2.05, 4.69) is 37.4 Å². The molecule has 5 nitrogen and oxygen atoms in total. The molecular formula is C19H27NO4Si. The van der Waals surface area contributed by atoms with Gasteiger partial charge < -0.3 is 4.74 Å². The molecule has 1 saturated carbocycles. The van der Waals surface area contributed by atoms with Gasteiger partial charge in [0.25, 0.3) is 0 Å². The monoisotopic (exact) mass is 361 g/mol. The fourth-order valence-electron chi connectivity index (χ4n) is 4.93. The highest BCUT2D eigenvalue weighted by Crippen LogP contribution is 2.51. The van der Waals surface area contributed by atoms with Crippen LogP contribution in [-0.2, 0) is 19.2 Å². The lowest BCUT2D eigenvalue weighted by Gasteiger charge is -2.41. The highest BCUT2D eigenvalue weighted by atomic mass is 28.3. The maximum atomic E-state index is 12.2. The number of carbonyl (C=O) groups excluding carboxylic acids is 2. The summed E-state index contributed by atoms with van der Waals surface area (Å²) in [7, 11) is -0.370. The van der Waals surface area contributed by atoms with Crippen LogP contribution < -0.4 is 5.19 Å². The van der Waals surface area contributed by atoms with Crippen molar-refractivity contribution in [2.45, 2.75) is 57.0 Å². The Bertz CT molecular complexity index is 648. The molecular weight excluding hydrogens is 334 g/mol. The van der Waals surface area contributed by atoms with Gasteiger partial charge in [-0.3, -0.25) is 14.4 Å². The number of ether oxygens (including phenoxy) is 1. The molecule has 25 heavy (non-hydrogen) atoms. The lowest BCUT2D eigenvalue weighted by Crippen LogP contribution is -2.53. The van der Waals surface area contributed by atoms with Crippen molar-refractivity contribution in [1.82, 2.24) is 5.06 Å². The Morgan fingerprint density at radius 1 is 1.24 bits per heavy atom. The van der Waals surface area contributed by atoms with E-state index in [-0.39, 0.29) is 29.6 Å². The van der Waals surface area contributed by atoms with Gasteiger partial charge in [-0.1, -0.05) is 48.6 Å². The van der Waals surface area contributed by atoms with Gasteiger partial charge in [0.15, 0.2) is 0 Å². The summed E-state index contributed by atoms with van der Waals surface area (Å²) in [5, 5.41) is 2.89. The molecule has 1 aliphatic carbocycles. The minimum atomic E-state index is -1.92. The molecule has 2 fully saturated rings. The zero-order valence-corrected chi connectivity index (χ0v) is 16.4. The Labute approximate surface area is 150 Å². The minimum Gasteiger partial charge on any atom is -0.462 e. The van der Waals surface area contributed by atoms with Crippen LogP contribution in [0.5, 0.6) is 0 Å². The van der Waals surface area contributed by atoms with E-state index in [1.165, 1.54) is 17.2 Å². The summed E-state index contributed by atoms with van der Waals surface area (Å²) in [5.74, 6) is 0.0934. The Balaban J connectivity index is 1.98. The van der Waals surface area contributed by atoms with Gasteiger partial charge in [-0.2, -0.15) is 0 Å². The molecule has 0 N–H and O–H groups in total.